The molecule has 0 N–H and O–H groups in total. The molecular weight excluding hydrogens is 216 g/mol. The Kier molecular flexibility index (Phi) is 5.83. The molecule has 13 heavy (non-hydrogen) atoms. The minimum atomic E-state index is 0.940. The fourth-order valence-corrected chi connectivity index (χ4v) is 2.76. The molecule has 0 bridgehead atoms. The third-order valence-corrected chi connectivity index (χ3v) is 3.87. The fraction of sp³-hybridized carbons (Fsp3) is 0.400. The van der Waals surface area contributed by atoms with Gasteiger partial charge < -0.3 is 0 Å². The number of rotatable bonds is 5. The van der Waals surface area contributed by atoms with Crippen molar-refractivity contribution in [3.63, 3.8) is 0 Å². The van der Waals surface area contributed by atoms with Gasteiger partial charge in [-0.1, -0.05) is 13.0 Å². The number of hydrogen-bond acceptors (Lipinski definition) is 3. The minimum Gasteiger partial charge on any atom is -0.178 e. The van der Waals surface area contributed by atoms with Crippen molar-refractivity contribution in [3.8, 4) is 0 Å². The largest absolute Gasteiger partial charge is 0.178 e. The van der Waals surface area contributed by atoms with Crippen molar-refractivity contribution in [1.82, 2.24) is 0 Å². The zero-order valence-corrected chi connectivity index (χ0v) is 10.2. The maximum atomic E-state index is 4.19. The Morgan fingerprint density at radius 1 is 1.23 bits per heavy atom. The Bertz CT molecular complexity index is 248. The second-order valence-electron chi connectivity index (χ2n) is 2.48. The van der Waals surface area contributed by atoms with Crippen molar-refractivity contribution in [2.24, 2.45) is 0 Å². The van der Waals surface area contributed by atoms with Gasteiger partial charge in [-0.2, -0.15) is 12.6 Å². The van der Waals surface area contributed by atoms with Crippen LogP contribution in [-0.2, 0) is 0 Å². The van der Waals surface area contributed by atoms with Gasteiger partial charge in [0.05, 0.1) is 0 Å². The number of hydrogen-bond donors (Lipinski definition) is 1. The lowest BCUT2D eigenvalue weighted by Gasteiger charge is -2.02. The summed E-state index contributed by atoms with van der Waals surface area (Å²) in [5, 5.41) is 0. The van der Waals surface area contributed by atoms with Crippen LogP contribution in [0.15, 0.2) is 34.1 Å². The number of benzene rings is 1. The summed E-state index contributed by atoms with van der Waals surface area (Å²) in [5.41, 5.74) is 0. The van der Waals surface area contributed by atoms with E-state index >= 15 is 0 Å². The minimum absolute atomic E-state index is 0.940. The van der Waals surface area contributed by atoms with Crippen molar-refractivity contribution in [2.75, 3.05) is 17.3 Å². The Balaban J connectivity index is 2.56. The lowest BCUT2D eigenvalue weighted by atomic mass is 10.4. The molecule has 3 heteroatoms. The van der Waals surface area contributed by atoms with Crippen molar-refractivity contribution in [1.29, 1.82) is 0 Å². The molecule has 0 nitrogen and oxygen atoms in total. The van der Waals surface area contributed by atoms with Crippen LogP contribution in [0.25, 0.3) is 0 Å². The van der Waals surface area contributed by atoms with Crippen molar-refractivity contribution in [2.45, 2.75) is 16.7 Å². The van der Waals surface area contributed by atoms with Gasteiger partial charge >= 0.3 is 0 Å². The fourth-order valence-electron chi connectivity index (χ4n) is 0.984. The van der Waals surface area contributed by atoms with Crippen molar-refractivity contribution in [3.05, 3.63) is 24.3 Å². The van der Waals surface area contributed by atoms with Crippen LogP contribution in [0.2, 0.25) is 0 Å². The Hall–Kier alpha value is 0.270. The molecule has 0 aliphatic carbocycles. The summed E-state index contributed by atoms with van der Waals surface area (Å²) in [7, 11) is 0. The van der Waals surface area contributed by atoms with E-state index in [1.54, 1.807) is 0 Å². The SMILES string of the molecule is CCSc1cccc(SCCS)c1. The Morgan fingerprint density at radius 3 is 2.54 bits per heavy atom. The van der Waals surface area contributed by atoms with E-state index in [0.29, 0.717) is 0 Å². The van der Waals surface area contributed by atoms with Gasteiger partial charge in [-0.25, -0.2) is 0 Å². The number of thioether (sulfide) groups is 2. The molecule has 0 saturated carbocycles. The summed E-state index contributed by atoms with van der Waals surface area (Å²) in [5.74, 6) is 3.17. The maximum absolute atomic E-state index is 4.19. The zero-order chi connectivity index (χ0) is 9.52. The van der Waals surface area contributed by atoms with Gasteiger partial charge in [-0.15, -0.1) is 23.5 Å². The first-order valence-electron chi connectivity index (χ1n) is 4.33. The molecule has 0 amide bonds. The molecule has 1 aromatic carbocycles. The summed E-state index contributed by atoms with van der Waals surface area (Å²) in [6, 6.07) is 8.70. The first-order valence-corrected chi connectivity index (χ1v) is 6.93. The predicted molar refractivity (Wildman–Crippen MR) is 67.4 cm³/mol. The second-order valence-corrected chi connectivity index (χ2v) is 5.43. The lowest BCUT2D eigenvalue weighted by Crippen LogP contribution is -1.80. The maximum Gasteiger partial charge on any atom is 0.00833 e. The summed E-state index contributed by atoms with van der Waals surface area (Å²) < 4.78 is 0. The van der Waals surface area contributed by atoms with Crippen LogP contribution in [0.1, 0.15) is 6.92 Å². The van der Waals surface area contributed by atoms with E-state index in [2.05, 4.69) is 43.8 Å². The highest BCUT2D eigenvalue weighted by Crippen LogP contribution is 2.24. The average molecular weight is 230 g/mol. The molecule has 0 fully saturated rings. The van der Waals surface area contributed by atoms with Crippen LogP contribution < -0.4 is 0 Å². The predicted octanol–water partition coefficient (Wildman–Crippen LogP) is 3.82. The summed E-state index contributed by atoms with van der Waals surface area (Å²) in [4.78, 5) is 2.72. The molecule has 0 saturated heterocycles. The van der Waals surface area contributed by atoms with E-state index < -0.39 is 0 Å². The summed E-state index contributed by atoms with van der Waals surface area (Å²) >= 11 is 7.95. The van der Waals surface area contributed by atoms with Gasteiger partial charge in [0.25, 0.3) is 0 Å². The molecule has 0 aliphatic heterocycles. The standard InChI is InChI=1S/C10H14S3/c1-2-12-9-4-3-5-10(8-9)13-7-6-11/h3-5,8,11H,2,6-7H2,1H3. The van der Waals surface area contributed by atoms with Crippen molar-refractivity contribution >= 4 is 36.2 Å². The third kappa shape index (κ3) is 4.34. The van der Waals surface area contributed by atoms with E-state index in [0.717, 1.165) is 17.3 Å². The second kappa shape index (κ2) is 6.68. The summed E-state index contributed by atoms with van der Waals surface area (Å²) in [6.07, 6.45) is 0. The topological polar surface area (TPSA) is 0 Å². The van der Waals surface area contributed by atoms with Gasteiger partial charge in [-0.05, 0) is 29.7 Å². The molecule has 0 atom stereocenters. The highest BCUT2D eigenvalue weighted by Gasteiger charge is 1.95. The Morgan fingerprint density at radius 2 is 1.92 bits per heavy atom. The van der Waals surface area contributed by atoms with Crippen LogP contribution in [0.5, 0.6) is 0 Å². The Labute approximate surface area is 94.3 Å². The molecule has 0 unspecified atom stereocenters. The quantitative estimate of drug-likeness (QED) is 0.603. The first-order chi connectivity index (χ1) is 6.36. The van der Waals surface area contributed by atoms with E-state index in [9.17, 15) is 0 Å². The van der Waals surface area contributed by atoms with Crippen LogP contribution in [0.3, 0.4) is 0 Å². The molecule has 0 radical (unpaired) electrons. The van der Waals surface area contributed by atoms with E-state index in [4.69, 9.17) is 0 Å². The van der Waals surface area contributed by atoms with Crippen LogP contribution in [0, 0.1) is 0 Å². The normalized spacial score (nSPS) is 10.3. The van der Waals surface area contributed by atoms with Crippen LogP contribution in [-0.4, -0.2) is 17.3 Å². The third-order valence-electron chi connectivity index (χ3n) is 1.48. The zero-order valence-electron chi connectivity index (χ0n) is 7.69. The van der Waals surface area contributed by atoms with E-state index in [1.807, 2.05) is 23.5 Å². The molecule has 0 heterocycles. The molecule has 0 aromatic heterocycles. The average Bonchev–Trinajstić information content (AvgIpc) is 2.16. The summed E-state index contributed by atoms with van der Waals surface area (Å²) in [6.45, 7) is 2.18. The molecule has 0 aliphatic rings. The van der Waals surface area contributed by atoms with E-state index in [1.165, 1.54) is 9.79 Å². The van der Waals surface area contributed by atoms with Gasteiger partial charge in [0.1, 0.15) is 0 Å². The highest BCUT2D eigenvalue weighted by molar-refractivity contribution is 8.00. The number of thiol groups is 1. The molecule has 72 valence electrons. The van der Waals surface area contributed by atoms with Gasteiger partial charge in [0.2, 0.25) is 0 Å². The molecular formula is C10H14S3. The monoisotopic (exact) mass is 230 g/mol. The van der Waals surface area contributed by atoms with Gasteiger partial charge in [-0.3, -0.25) is 0 Å². The smallest absolute Gasteiger partial charge is 0.00833 e. The van der Waals surface area contributed by atoms with Gasteiger partial charge in [0, 0.05) is 15.5 Å². The van der Waals surface area contributed by atoms with Gasteiger partial charge in [0.15, 0.2) is 0 Å². The molecule has 1 rings (SSSR count). The highest BCUT2D eigenvalue weighted by atomic mass is 32.2. The van der Waals surface area contributed by atoms with Crippen LogP contribution >= 0.6 is 36.2 Å². The molecule has 1 aromatic rings. The van der Waals surface area contributed by atoms with E-state index in [-0.39, 0.29) is 0 Å². The lowest BCUT2D eigenvalue weighted by molar-refractivity contribution is 1.32. The first kappa shape index (κ1) is 11.3. The van der Waals surface area contributed by atoms with Crippen LogP contribution in [0.4, 0.5) is 0 Å². The molecule has 0 spiro atoms. The van der Waals surface area contributed by atoms with Crippen molar-refractivity contribution < 1.29 is 0 Å².